The molecule has 4 heterocycles. The van der Waals surface area contributed by atoms with Gasteiger partial charge in [-0.1, -0.05) is 53.7 Å². The first kappa shape index (κ1) is 24.9. The summed E-state index contributed by atoms with van der Waals surface area (Å²) in [5, 5.41) is 10.8. The molecule has 0 unspecified atom stereocenters. The van der Waals surface area contributed by atoms with E-state index in [1.54, 1.807) is 6.92 Å². The Hall–Kier alpha value is -4.37. The van der Waals surface area contributed by atoms with Gasteiger partial charge in [0.2, 0.25) is 0 Å². The predicted molar refractivity (Wildman–Crippen MR) is 151 cm³/mol. The zero-order valence-corrected chi connectivity index (χ0v) is 22.5. The number of para-hydroxylation sites is 1. The molecule has 2 aromatic carbocycles. The topological polar surface area (TPSA) is 101 Å². The number of fused-ring (bicyclic) bond motifs is 1. The van der Waals surface area contributed by atoms with Crippen molar-refractivity contribution >= 4 is 39.7 Å². The number of aromatic nitrogens is 3. The van der Waals surface area contributed by atoms with Gasteiger partial charge in [0.25, 0.3) is 11.8 Å². The number of carbonyl (C=O) groups excluding carboxylic acids is 2. The Morgan fingerprint density at radius 3 is 2.54 bits per heavy atom. The van der Waals surface area contributed by atoms with Gasteiger partial charge in [0.05, 0.1) is 16.2 Å². The van der Waals surface area contributed by atoms with Crippen LogP contribution >= 0.6 is 11.3 Å². The first-order chi connectivity index (χ1) is 19.0. The number of hydrogen-bond acceptors (Lipinski definition) is 7. The fourth-order valence-corrected chi connectivity index (χ4v) is 6.05. The van der Waals surface area contributed by atoms with E-state index in [1.807, 2.05) is 77.9 Å². The van der Waals surface area contributed by atoms with Gasteiger partial charge in [0.1, 0.15) is 22.7 Å². The number of likely N-dealkylation sites (tertiary alicyclic amines) is 1. The number of pyridine rings is 1. The summed E-state index contributed by atoms with van der Waals surface area (Å²) >= 11 is 1.50. The lowest BCUT2D eigenvalue weighted by atomic mass is 9.96. The number of benzene rings is 2. The number of nitrogens with one attached hydrogen (secondary N) is 1. The Bertz CT molecular complexity index is 1670. The van der Waals surface area contributed by atoms with Crippen molar-refractivity contribution in [3.8, 4) is 11.3 Å². The predicted octanol–water partition coefficient (Wildman–Crippen LogP) is 6.24. The van der Waals surface area contributed by atoms with Crippen molar-refractivity contribution < 1.29 is 14.1 Å². The maximum atomic E-state index is 13.5. The fourth-order valence-electron chi connectivity index (χ4n) is 5.08. The monoisotopic (exact) mass is 537 g/mol. The van der Waals surface area contributed by atoms with Crippen LogP contribution in [-0.2, 0) is 0 Å². The normalized spacial score (nSPS) is 14.1. The quantitative estimate of drug-likeness (QED) is 0.285. The van der Waals surface area contributed by atoms with Gasteiger partial charge in [-0.05, 0) is 38.8 Å². The van der Waals surface area contributed by atoms with Crippen LogP contribution in [0.25, 0.3) is 22.2 Å². The highest BCUT2D eigenvalue weighted by molar-refractivity contribution is 7.10. The number of anilines is 1. The number of piperidine rings is 1. The van der Waals surface area contributed by atoms with E-state index in [0.29, 0.717) is 35.8 Å². The van der Waals surface area contributed by atoms with Crippen LogP contribution in [0.15, 0.2) is 70.6 Å². The third-order valence-corrected chi connectivity index (χ3v) is 8.11. The molecule has 9 heteroatoms. The van der Waals surface area contributed by atoms with Crippen LogP contribution in [-0.4, -0.2) is 44.9 Å². The average molecular weight is 538 g/mol. The Morgan fingerprint density at radius 2 is 1.74 bits per heavy atom. The maximum absolute atomic E-state index is 13.5. The van der Waals surface area contributed by atoms with Gasteiger partial charge in [0.15, 0.2) is 0 Å². The summed E-state index contributed by atoms with van der Waals surface area (Å²) in [6.07, 6.45) is 1.55. The zero-order chi connectivity index (χ0) is 26.9. The minimum absolute atomic E-state index is 0.0647. The van der Waals surface area contributed by atoms with E-state index >= 15 is 0 Å². The molecule has 2 amide bonds. The largest absolute Gasteiger partial charge is 0.360 e. The van der Waals surface area contributed by atoms with E-state index in [4.69, 9.17) is 4.52 Å². The lowest BCUT2D eigenvalue weighted by molar-refractivity contribution is 0.0711. The summed E-state index contributed by atoms with van der Waals surface area (Å²) in [5.74, 6) is 0.415. The second-order valence-corrected chi connectivity index (χ2v) is 10.6. The zero-order valence-electron chi connectivity index (χ0n) is 21.7. The molecule has 0 aliphatic carbocycles. The highest BCUT2D eigenvalue weighted by atomic mass is 32.1. The van der Waals surface area contributed by atoms with E-state index < -0.39 is 0 Å². The number of thiazole rings is 1. The molecule has 8 nitrogen and oxygen atoms in total. The summed E-state index contributed by atoms with van der Waals surface area (Å²) in [4.78, 5) is 37.6. The van der Waals surface area contributed by atoms with Crippen molar-refractivity contribution in [3.63, 3.8) is 0 Å². The molecule has 1 aliphatic rings. The van der Waals surface area contributed by atoms with Gasteiger partial charge in [-0.15, -0.1) is 11.3 Å². The van der Waals surface area contributed by atoms with Crippen LogP contribution in [0.1, 0.15) is 56.1 Å². The molecule has 0 bridgehead atoms. The number of aryl methyl sites for hydroxylation is 2. The van der Waals surface area contributed by atoms with E-state index in [2.05, 4.69) is 20.4 Å². The summed E-state index contributed by atoms with van der Waals surface area (Å²) in [5.41, 5.74) is 4.76. The van der Waals surface area contributed by atoms with E-state index in [-0.39, 0.29) is 17.7 Å². The smallest absolute Gasteiger partial charge is 0.275 e. The summed E-state index contributed by atoms with van der Waals surface area (Å²) in [6, 6.07) is 19.2. The molecule has 1 aliphatic heterocycles. The minimum Gasteiger partial charge on any atom is -0.360 e. The van der Waals surface area contributed by atoms with E-state index in [1.165, 1.54) is 11.3 Å². The van der Waals surface area contributed by atoms with Gasteiger partial charge in [-0.25, -0.2) is 4.98 Å². The summed E-state index contributed by atoms with van der Waals surface area (Å²) < 4.78 is 5.40. The van der Waals surface area contributed by atoms with Crippen molar-refractivity contribution in [2.45, 2.75) is 32.6 Å². The van der Waals surface area contributed by atoms with Crippen molar-refractivity contribution in [2.24, 2.45) is 0 Å². The third kappa shape index (κ3) is 4.93. The number of rotatable bonds is 5. The van der Waals surface area contributed by atoms with Gasteiger partial charge < -0.3 is 14.7 Å². The third-order valence-electron chi connectivity index (χ3n) is 7.10. The van der Waals surface area contributed by atoms with Gasteiger partial charge in [0, 0.05) is 41.0 Å². The first-order valence-electron chi connectivity index (χ1n) is 12.9. The molecule has 0 spiro atoms. The maximum Gasteiger partial charge on any atom is 0.275 e. The molecule has 1 N–H and O–H groups in total. The molecule has 0 radical (unpaired) electrons. The number of nitrogens with zero attached hydrogens (tertiary/aromatic N) is 4. The molecule has 5 aromatic rings. The molecule has 3 aromatic heterocycles. The Morgan fingerprint density at radius 1 is 1.00 bits per heavy atom. The van der Waals surface area contributed by atoms with Crippen LogP contribution in [0.4, 0.5) is 5.69 Å². The highest BCUT2D eigenvalue weighted by Crippen LogP contribution is 2.33. The minimum atomic E-state index is -0.239. The number of carbonyl (C=O) groups is 2. The molecule has 0 saturated carbocycles. The first-order valence-corrected chi connectivity index (χ1v) is 13.8. The van der Waals surface area contributed by atoms with Crippen LogP contribution in [0.2, 0.25) is 0 Å². The molecule has 6 rings (SSSR count). The summed E-state index contributed by atoms with van der Waals surface area (Å²) in [7, 11) is 0. The summed E-state index contributed by atoms with van der Waals surface area (Å²) in [6.45, 7) is 4.89. The van der Waals surface area contributed by atoms with E-state index in [0.717, 1.165) is 45.7 Å². The Balaban J connectivity index is 1.12. The molecule has 1 saturated heterocycles. The Labute approximate surface area is 229 Å². The van der Waals surface area contributed by atoms with Gasteiger partial charge in [-0.3, -0.25) is 14.6 Å². The highest BCUT2D eigenvalue weighted by Gasteiger charge is 2.31. The van der Waals surface area contributed by atoms with Crippen molar-refractivity contribution in [3.05, 3.63) is 93.8 Å². The molecule has 1 fully saturated rings. The van der Waals surface area contributed by atoms with Gasteiger partial charge >= 0.3 is 0 Å². The lowest BCUT2D eigenvalue weighted by Crippen LogP contribution is -2.38. The standard InChI is InChI=1S/C30H27N5O3S/c1-18-16-24(22-10-6-7-11-23(22)31-18)32-28(36)25-17-39-29(33-25)21-12-14-35(15-13-21)30(37)26-19(2)38-34-27(26)20-8-4-3-5-9-20/h3-11,16-17,21H,12-15H2,1-2H3,(H,31,32,36). The molecular formula is C30H27N5O3S. The molecule has 39 heavy (non-hydrogen) atoms. The molecular weight excluding hydrogens is 510 g/mol. The SMILES string of the molecule is Cc1cc(NC(=O)c2csc(C3CCN(C(=O)c4c(-c5ccccc5)noc4C)CC3)n2)c2ccccc2n1. The number of hydrogen-bond donors (Lipinski definition) is 1. The van der Waals surface area contributed by atoms with Crippen LogP contribution in [0, 0.1) is 13.8 Å². The van der Waals surface area contributed by atoms with Gasteiger partial charge in [-0.2, -0.15) is 0 Å². The van der Waals surface area contributed by atoms with Crippen LogP contribution < -0.4 is 5.32 Å². The van der Waals surface area contributed by atoms with Crippen LogP contribution in [0.3, 0.4) is 0 Å². The van der Waals surface area contributed by atoms with Crippen molar-refractivity contribution in [2.75, 3.05) is 18.4 Å². The average Bonchev–Trinajstić information content (AvgIpc) is 3.61. The molecule has 0 atom stereocenters. The molecule has 196 valence electrons. The van der Waals surface area contributed by atoms with Crippen LogP contribution in [0.5, 0.6) is 0 Å². The Kier molecular flexibility index (Phi) is 6.66. The van der Waals surface area contributed by atoms with E-state index in [9.17, 15) is 9.59 Å². The van der Waals surface area contributed by atoms with Crippen molar-refractivity contribution in [1.29, 1.82) is 0 Å². The lowest BCUT2D eigenvalue weighted by Gasteiger charge is -2.31. The fraction of sp³-hybridized carbons (Fsp3) is 0.233. The second kappa shape index (κ2) is 10.4. The van der Waals surface area contributed by atoms with Crippen molar-refractivity contribution in [1.82, 2.24) is 20.0 Å². The number of amides is 2. The second-order valence-electron chi connectivity index (χ2n) is 9.75.